The van der Waals surface area contributed by atoms with Gasteiger partial charge in [-0.3, -0.25) is 4.79 Å². The lowest BCUT2D eigenvalue weighted by Crippen LogP contribution is -2.28. The van der Waals surface area contributed by atoms with E-state index < -0.39 is 0 Å². The van der Waals surface area contributed by atoms with Crippen LogP contribution in [0, 0.1) is 0 Å². The Hall–Kier alpha value is -2.73. The second-order valence-electron chi connectivity index (χ2n) is 7.76. The minimum absolute atomic E-state index is 0.0802. The molecule has 1 amide bonds. The van der Waals surface area contributed by atoms with E-state index in [-0.39, 0.29) is 5.91 Å². The molecule has 0 radical (unpaired) electrons. The summed E-state index contributed by atoms with van der Waals surface area (Å²) < 4.78 is 0. The third-order valence-corrected chi connectivity index (χ3v) is 6.60. The summed E-state index contributed by atoms with van der Waals surface area (Å²) in [5.74, 6) is -0.0802. The SMILES string of the molecule is CN(CCCNC(=O)c1[nH]c2ccccc2c1Sc1ccc(Cl)cc1)Cc1ccccc1. The van der Waals surface area contributed by atoms with Crippen LogP contribution in [-0.4, -0.2) is 35.9 Å². The normalized spacial score (nSPS) is 11.2. The minimum atomic E-state index is -0.0802. The van der Waals surface area contributed by atoms with E-state index in [0.717, 1.165) is 40.2 Å². The molecular weight excluding hydrogens is 438 g/mol. The summed E-state index contributed by atoms with van der Waals surface area (Å²) in [6.45, 7) is 2.44. The van der Waals surface area contributed by atoms with Crippen LogP contribution in [0.2, 0.25) is 5.02 Å². The Bertz CT molecular complexity index is 1170. The molecule has 2 N–H and O–H groups in total. The number of hydrogen-bond donors (Lipinski definition) is 2. The number of halogens is 1. The summed E-state index contributed by atoms with van der Waals surface area (Å²) >= 11 is 7.60. The third kappa shape index (κ3) is 5.74. The fourth-order valence-corrected chi connectivity index (χ4v) is 4.78. The number of rotatable bonds is 9. The van der Waals surface area contributed by atoms with Gasteiger partial charge in [0.25, 0.3) is 5.91 Å². The van der Waals surface area contributed by atoms with Crippen LogP contribution in [0.1, 0.15) is 22.5 Å². The molecule has 1 heterocycles. The molecule has 0 spiro atoms. The van der Waals surface area contributed by atoms with Crippen molar-refractivity contribution in [3.63, 3.8) is 0 Å². The first-order chi connectivity index (χ1) is 15.6. The minimum Gasteiger partial charge on any atom is -0.351 e. The van der Waals surface area contributed by atoms with Gasteiger partial charge in [0, 0.05) is 33.9 Å². The van der Waals surface area contributed by atoms with E-state index in [1.807, 2.05) is 54.6 Å². The standard InChI is InChI=1S/C26H26ClN3OS/c1-30(18-19-8-3-2-4-9-19)17-7-16-28-26(31)24-25(22-10-5-6-11-23(22)29-24)32-21-14-12-20(27)13-15-21/h2-6,8-15,29H,7,16-18H2,1H3,(H,28,31). The van der Waals surface area contributed by atoms with Crippen LogP contribution in [0.25, 0.3) is 10.9 Å². The molecule has 4 aromatic rings. The molecule has 0 saturated carbocycles. The number of fused-ring (bicyclic) bond motifs is 1. The Balaban J connectivity index is 1.39. The Morgan fingerprint density at radius 3 is 2.50 bits per heavy atom. The summed E-state index contributed by atoms with van der Waals surface area (Å²) in [5.41, 5.74) is 2.85. The van der Waals surface area contributed by atoms with Crippen LogP contribution in [0.3, 0.4) is 0 Å². The van der Waals surface area contributed by atoms with Crippen molar-refractivity contribution in [2.45, 2.75) is 22.8 Å². The molecule has 32 heavy (non-hydrogen) atoms. The molecule has 4 nitrogen and oxygen atoms in total. The van der Waals surface area contributed by atoms with Crippen LogP contribution in [-0.2, 0) is 6.54 Å². The van der Waals surface area contributed by atoms with E-state index >= 15 is 0 Å². The van der Waals surface area contributed by atoms with E-state index in [9.17, 15) is 4.79 Å². The Labute approximate surface area is 198 Å². The number of carbonyl (C=O) groups is 1. The highest BCUT2D eigenvalue weighted by Gasteiger charge is 2.18. The van der Waals surface area contributed by atoms with Crippen LogP contribution in [0.4, 0.5) is 0 Å². The van der Waals surface area contributed by atoms with Gasteiger partial charge in [-0.1, -0.05) is 71.9 Å². The van der Waals surface area contributed by atoms with Gasteiger partial charge in [0.2, 0.25) is 0 Å². The second kappa shape index (κ2) is 10.7. The lowest BCUT2D eigenvalue weighted by atomic mass is 10.2. The lowest BCUT2D eigenvalue weighted by molar-refractivity contribution is 0.0945. The average Bonchev–Trinajstić information content (AvgIpc) is 3.17. The van der Waals surface area contributed by atoms with E-state index in [1.165, 1.54) is 5.56 Å². The number of para-hydroxylation sites is 1. The Kier molecular flexibility index (Phi) is 7.53. The van der Waals surface area contributed by atoms with Gasteiger partial charge in [-0.2, -0.15) is 0 Å². The van der Waals surface area contributed by atoms with Crippen LogP contribution >= 0.6 is 23.4 Å². The molecule has 0 aliphatic heterocycles. The number of amides is 1. The molecule has 0 aliphatic carbocycles. The molecule has 3 aromatic carbocycles. The zero-order valence-electron chi connectivity index (χ0n) is 18.0. The summed E-state index contributed by atoms with van der Waals surface area (Å²) in [7, 11) is 2.10. The number of nitrogens with one attached hydrogen (secondary N) is 2. The predicted molar refractivity (Wildman–Crippen MR) is 134 cm³/mol. The van der Waals surface area contributed by atoms with Crippen molar-refractivity contribution in [1.82, 2.24) is 15.2 Å². The summed E-state index contributed by atoms with van der Waals surface area (Å²) in [5, 5.41) is 4.82. The number of benzene rings is 3. The smallest absolute Gasteiger partial charge is 0.268 e. The highest BCUT2D eigenvalue weighted by molar-refractivity contribution is 7.99. The molecule has 0 aliphatic rings. The number of hydrogen-bond acceptors (Lipinski definition) is 3. The van der Waals surface area contributed by atoms with Gasteiger partial charge < -0.3 is 15.2 Å². The zero-order chi connectivity index (χ0) is 22.3. The van der Waals surface area contributed by atoms with Gasteiger partial charge in [-0.05, 0) is 55.9 Å². The largest absolute Gasteiger partial charge is 0.351 e. The number of nitrogens with zero attached hydrogens (tertiary/aromatic N) is 1. The Morgan fingerprint density at radius 1 is 1.00 bits per heavy atom. The molecule has 6 heteroatoms. The molecule has 164 valence electrons. The summed E-state index contributed by atoms with van der Waals surface area (Å²) in [6.07, 6.45) is 0.884. The van der Waals surface area contributed by atoms with Gasteiger partial charge in [0.05, 0.1) is 4.90 Å². The van der Waals surface area contributed by atoms with Crippen LogP contribution in [0.15, 0.2) is 88.7 Å². The molecule has 0 bridgehead atoms. The second-order valence-corrected chi connectivity index (χ2v) is 9.28. The summed E-state index contributed by atoms with van der Waals surface area (Å²) in [6, 6.07) is 26.1. The van der Waals surface area contributed by atoms with Crippen molar-refractivity contribution >= 4 is 40.2 Å². The number of H-pyrrole nitrogens is 1. The molecule has 0 atom stereocenters. The average molecular weight is 464 g/mol. The molecule has 0 saturated heterocycles. The van der Waals surface area contributed by atoms with Gasteiger partial charge in [-0.15, -0.1) is 0 Å². The molecule has 4 rings (SSSR count). The molecule has 0 fully saturated rings. The number of carbonyl (C=O) groups excluding carboxylic acids is 1. The maximum Gasteiger partial charge on any atom is 0.268 e. The molecule has 0 unspecified atom stereocenters. The van der Waals surface area contributed by atoms with Crippen LogP contribution < -0.4 is 5.32 Å². The van der Waals surface area contributed by atoms with E-state index in [1.54, 1.807) is 11.8 Å². The predicted octanol–water partition coefficient (Wildman–Crippen LogP) is 6.22. The number of aromatic nitrogens is 1. The first kappa shape index (κ1) is 22.5. The fraction of sp³-hybridized carbons (Fsp3) is 0.192. The maximum atomic E-state index is 13.0. The van der Waals surface area contributed by atoms with Gasteiger partial charge in [0.1, 0.15) is 5.69 Å². The monoisotopic (exact) mass is 463 g/mol. The van der Waals surface area contributed by atoms with Gasteiger partial charge in [-0.25, -0.2) is 0 Å². The quantitative estimate of drug-likeness (QED) is 0.289. The third-order valence-electron chi connectivity index (χ3n) is 5.22. The van der Waals surface area contributed by atoms with Crippen molar-refractivity contribution in [3.05, 3.63) is 95.1 Å². The zero-order valence-corrected chi connectivity index (χ0v) is 19.5. The van der Waals surface area contributed by atoms with E-state index in [4.69, 9.17) is 11.6 Å². The Morgan fingerprint density at radius 2 is 1.72 bits per heavy atom. The molecular formula is C26H26ClN3OS. The fourth-order valence-electron chi connectivity index (χ4n) is 3.62. The topological polar surface area (TPSA) is 48.1 Å². The number of aromatic amines is 1. The molecule has 1 aromatic heterocycles. The van der Waals surface area contributed by atoms with E-state index in [2.05, 4.69) is 46.5 Å². The first-order valence-electron chi connectivity index (χ1n) is 10.6. The lowest BCUT2D eigenvalue weighted by Gasteiger charge is -2.16. The van der Waals surface area contributed by atoms with Crippen molar-refractivity contribution in [2.24, 2.45) is 0 Å². The van der Waals surface area contributed by atoms with Crippen molar-refractivity contribution in [1.29, 1.82) is 0 Å². The first-order valence-corrected chi connectivity index (χ1v) is 11.8. The van der Waals surface area contributed by atoms with Crippen molar-refractivity contribution in [3.8, 4) is 0 Å². The summed E-state index contributed by atoms with van der Waals surface area (Å²) in [4.78, 5) is 20.6. The van der Waals surface area contributed by atoms with Gasteiger partial charge >= 0.3 is 0 Å². The highest BCUT2D eigenvalue weighted by Crippen LogP contribution is 2.37. The van der Waals surface area contributed by atoms with Gasteiger partial charge in [0.15, 0.2) is 0 Å². The maximum absolute atomic E-state index is 13.0. The highest BCUT2D eigenvalue weighted by atomic mass is 35.5. The van der Waals surface area contributed by atoms with Crippen molar-refractivity contribution in [2.75, 3.05) is 20.1 Å². The van der Waals surface area contributed by atoms with Crippen LogP contribution in [0.5, 0.6) is 0 Å². The van der Waals surface area contributed by atoms with E-state index in [0.29, 0.717) is 17.3 Å². The van der Waals surface area contributed by atoms with Crippen molar-refractivity contribution < 1.29 is 4.79 Å².